The van der Waals surface area contributed by atoms with Crippen LogP contribution in [0.5, 0.6) is 0 Å². The monoisotopic (exact) mass is 228 g/mol. The van der Waals surface area contributed by atoms with Gasteiger partial charge in [0.1, 0.15) is 0 Å². The van der Waals surface area contributed by atoms with Crippen molar-refractivity contribution < 1.29 is 4.52 Å². The van der Waals surface area contributed by atoms with Crippen molar-refractivity contribution >= 4 is 21.9 Å². The maximum absolute atomic E-state index is 5.51. The Morgan fingerprint density at radius 3 is 2.76 bits per heavy atom. The van der Waals surface area contributed by atoms with E-state index in [1.165, 1.54) is 10.9 Å². The van der Waals surface area contributed by atoms with Gasteiger partial charge in [-0.05, 0) is 30.0 Å². The Bertz CT molecular complexity index is 698. The topological polar surface area (TPSA) is 41.8 Å². The second-order valence-electron chi connectivity index (χ2n) is 5.58. The summed E-state index contributed by atoms with van der Waals surface area (Å²) in [5, 5.41) is 5.25. The van der Waals surface area contributed by atoms with Crippen molar-refractivity contribution in [2.75, 3.05) is 0 Å². The molecule has 3 heteroatoms. The average Bonchev–Trinajstić information content (AvgIpc) is 2.81. The molecule has 0 fully saturated rings. The van der Waals surface area contributed by atoms with Crippen molar-refractivity contribution in [2.24, 2.45) is 0 Å². The molecule has 3 rings (SSSR count). The molecule has 2 aromatic heterocycles. The Labute approximate surface area is 99.8 Å². The molecule has 3 nitrogen and oxygen atoms in total. The molecule has 0 saturated heterocycles. The molecule has 0 bridgehead atoms. The van der Waals surface area contributed by atoms with Gasteiger partial charge in [-0.15, -0.1) is 0 Å². The van der Waals surface area contributed by atoms with Crippen LogP contribution in [0, 0.1) is 6.92 Å². The van der Waals surface area contributed by atoms with Gasteiger partial charge in [-0.25, -0.2) is 5.16 Å². The molecule has 0 spiro atoms. The molecule has 0 aliphatic heterocycles. The number of nitrogens with one attached hydrogen (secondary N) is 1. The summed E-state index contributed by atoms with van der Waals surface area (Å²) < 4.78 is 5.51. The maximum atomic E-state index is 5.51. The molecule has 0 radical (unpaired) electrons. The first kappa shape index (κ1) is 10.4. The number of aromatic nitrogens is 2. The molecule has 0 unspecified atom stereocenters. The normalized spacial score (nSPS) is 12.7. The van der Waals surface area contributed by atoms with Crippen LogP contribution in [0.1, 0.15) is 32.0 Å². The molecular weight excluding hydrogens is 212 g/mol. The van der Waals surface area contributed by atoms with Gasteiger partial charge in [0, 0.05) is 11.6 Å². The highest BCUT2D eigenvalue weighted by Crippen LogP contribution is 2.35. The van der Waals surface area contributed by atoms with Crippen LogP contribution in [0.15, 0.2) is 22.9 Å². The van der Waals surface area contributed by atoms with Gasteiger partial charge in [0.05, 0.1) is 16.6 Å². The van der Waals surface area contributed by atoms with Gasteiger partial charge < -0.3 is 4.52 Å². The van der Waals surface area contributed by atoms with Crippen LogP contribution in [0.3, 0.4) is 0 Å². The van der Waals surface area contributed by atoms with E-state index in [1.54, 1.807) is 0 Å². The van der Waals surface area contributed by atoms with Crippen molar-refractivity contribution in [1.82, 2.24) is 10.1 Å². The van der Waals surface area contributed by atoms with Crippen LogP contribution >= 0.6 is 0 Å². The summed E-state index contributed by atoms with van der Waals surface area (Å²) in [5.41, 5.74) is 4.34. The number of hydrogen-bond acceptors (Lipinski definition) is 2. The lowest BCUT2D eigenvalue weighted by molar-refractivity contribution is 0.449. The SMILES string of the molecule is Cc1[nH]oc2cc(C(C)(C)C)c3nccc3c12. The van der Waals surface area contributed by atoms with Gasteiger partial charge in [0.2, 0.25) is 0 Å². The molecule has 1 aromatic carbocycles. The third kappa shape index (κ3) is 1.38. The number of rotatable bonds is 0. The summed E-state index contributed by atoms with van der Waals surface area (Å²) in [6.45, 7) is 8.61. The summed E-state index contributed by atoms with van der Waals surface area (Å²) in [6, 6.07) is 4.16. The average molecular weight is 228 g/mol. The summed E-state index contributed by atoms with van der Waals surface area (Å²) in [6.07, 6.45) is 1.87. The lowest BCUT2D eigenvalue weighted by atomic mass is 9.85. The molecule has 0 aliphatic rings. The van der Waals surface area contributed by atoms with E-state index in [2.05, 4.69) is 43.0 Å². The van der Waals surface area contributed by atoms with Crippen LogP contribution in [-0.2, 0) is 5.41 Å². The zero-order valence-electron chi connectivity index (χ0n) is 10.6. The molecule has 0 aliphatic carbocycles. The molecule has 1 N–H and O–H groups in total. The highest BCUT2D eigenvalue weighted by molar-refractivity contribution is 6.07. The number of benzene rings is 1. The molecule has 0 atom stereocenters. The van der Waals surface area contributed by atoms with Gasteiger partial charge >= 0.3 is 0 Å². The van der Waals surface area contributed by atoms with Crippen LogP contribution < -0.4 is 0 Å². The van der Waals surface area contributed by atoms with E-state index in [9.17, 15) is 0 Å². The maximum Gasteiger partial charge on any atom is 0.165 e. The third-order valence-corrected chi connectivity index (χ3v) is 3.24. The Balaban J connectivity index is 2.54. The first-order valence-corrected chi connectivity index (χ1v) is 5.84. The van der Waals surface area contributed by atoms with Crippen molar-refractivity contribution in [1.29, 1.82) is 0 Å². The number of nitrogens with zero attached hydrogens (tertiary/aromatic N) is 1. The Morgan fingerprint density at radius 1 is 1.29 bits per heavy atom. The van der Waals surface area contributed by atoms with Crippen molar-refractivity contribution in [2.45, 2.75) is 33.1 Å². The van der Waals surface area contributed by atoms with E-state index in [1.807, 2.05) is 13.1 Å². The number of H-pyrrole nitrogens is 1. The Hall–Kier alpha value is -1.77. The number of hydrogen-bond donors (Lipinski definition) is 1. The first-order chi connectivity index (χ1) is 7.98. The van der Waals surface area contributed by atoms with Crippen molar-refractivity contribution in [3.05, 3.63) is 29.6 Å². The predicted molar refractivity (Wildman–Crippen MR) is 69.3 cm³/mol. The predicted octanol–water partition coefficient (Wildman–Crippen LogP) is 3.92. The highest BCUT2D eigenvalue weighted by Gasteiger charge is 2.21. The molecule has 88 valence electrons. The van der Waals surface area contributed by atoms with Gasteiger partial charge in [-0.1, -0.05) is 20.8 Å². The second kappa shape index (κ2) is 3.13. The Kier molecular flexibility index (Phi) is 1.91. The third-order valence-electron chi connectivity index (χ3n) is 3.24. The van der Waals surface area contributed by atoms with E-state index in [0.29, 0.717) is 0 Å². The van der Waals surface area contributed by atoms with Gasteiger partial charge in [0.25, 0.3) is 0 Å². The highest BCUT2D eigenvalue weighted by atomic mass is 16.5. The largest absolute Gasteiger partial charge is 0.382 e. The minimum atomic E-state index is 0.0640. The smallest absolute Gasteiger partial charge is 0.165 e. The molecule has 17 heavy (non-hydrogen) atoms. The van der Waals surface area contributed by atoms with E-state index < -0.39 is 0 Å². The lowest BCUT2D eigenvalue weighted by Crippen LogP contribution is -2.11. The number of aryl methyl sites for hydroxylation is 1. The standard InChI is InChI=1S/C14H16N2O/c1-8-12-9-5-6-15-13(9)10(14(2,3)4)7-11(12)17-16-8/h5-7,16H,1-4H3. The molecule has 0 amide bonds. The second-order valence-corrected chi connectivity index (χ2v) is 5.58. The fourth-order valence-electron chi connectivity index (χ4n) is 2.38. The Morgan fingerprint density at radius 2 is 2.06 bits per heavy atom. The van der Waals surface area contributed by atoms with Crippen molar-refractivity contribution in [3.63, 3.8) is 0 Å². The van der Waals surface area contributed by atoms with E-state index in [-0.39, 0.29) is 5.41 Å². The fraction of sp³-hybridized carbons (Fsp3) is 0.357. The quantitative estimate of drug-likeness (QED) is 0.633. The number of aromatic amines is 1. The first-order valence-electron chi connectivity index (χ1n) is 5.84. The van der Waals surface area contributed by atoms with Gasteiger partial charge in [0.15, 0.2) is 5.58 Å². The van der Waals surface area contributed by atoms with Crippen LogP contribution in [-0.4, -0.2) is 10.1 Å². The molecule has 2 heterocycles. The molecule has 3 aromatic rings. The summed E-state index contributed by atoms with van der Waals surface area (Å²) in [4.78, 5) is 4.50. The lowest BCUT2D eigenvalue weighted by Gasteiger charge is -2.19. The van der Waals surface area contributed by atoms with Crippen molar-refractivity contribution in [3.8, 4) is 0 Å². The molecular formula is C14H16N2O. The number of fused-ring (bicyclic) bond motifs is 3. The van der Waals surface area contributed by atoms with E-state index >= 15 is 0 Å². The van der Waals surface area contributed by atoms with Crippen LogP contribution in [0.4, 0.5) is 0 Å². The molecule has 0 saturated carbocycles. The minimum Gasteiger partial charge on any atom is -0.382 e. The fourth-order valence-corrected chi connectivity index (χ4v) is 2.38. The van der Waals surface area contributed by atoms with Crippen LogP contribution in [0.2, 0.25) is 0 Å². The van der Waals surface area contributed by atoms with Gasteiger partial charge in [-0.2, -0.15) is 0 Å². The van der Waals surface area contributed by atoms with Crippen LogP contribution in [0.25, 0.3) is 21.9 Å². The van der Waals surface area contributed by atoms with E-state index in [0.717, 1.165) is 22.2 Å². The minimum absolute atomic E-state index is 0.0640. The van der Waals surface area contributed by atoms with E-state index in [4.69, 9.17) is 4.52 Å². The summed E-state index contributed by atoms with van der Waals surface area (Å²) in [5.74, 6) is 0. The van der Waals surface area contributed by atoms with Gasteiger partial charge in [-0.3, -0.25) is 4.98 Å². The zero-order chi connectivity index (χ0) is 12.2. The zero-order valence-corrected chi connectivity index (χ0v) is 10.6. The summed E-state index contributed by atoms with van der Waals surface area (Å²) in [7, 11) is 0. The summed E-state index contributed by atoms with van der Waals surface area (Å²) >= 11 is 0.